The Balaban J connectivity index is 1.28. The molecule has 199 valence electrons. The maximum Gasteiger partial charge on any atom is 0.315 e. The second-order valence-electron chi connectivity index (χ2n) is 9.64. The Morgan fingerprint density at radius 1 is 0.897 bits per heavy atom. The van der Waals surface area contributed by atoms with Crippen LogP contribution in [0.15, 0.2) is 72.8 Å². The zero-order valence-corrected chi connectivity index (χ0v) is 22.4. The average Bonchev–Trinajstić information content (AvgIpc) is 3.67. The van der Waals surface area contributed by atoms with Crippen LogP contribution < -0.4 is 8.92 Å². The number of aromatic hydroxyl groups is 1. The molecule has 3 aliphatic rings. The lowest BCUT2D eigenvalue weighted by atomic mass is 9.83. The maximum absolute atomic E-state index is 13.4. The predicted octanol–water partition coefficient (Wildman–Crippen LogP) is 6.08. The maximum atomic E-state index is 13.4. The van der Waals surface area contributed by atoms with Crippen LogP contribution in [0.3, 0.4) is 0 Å². The third-order valence-corrected chi connectivity index (χ3v) is 8.95. The average molecular weight is 562 g/mol. The number of fused-ring (bicyclic) bond motifs is 2. The highest BCUT2D eigenvalue weighted by Crippen LogP contribution is 2.51. The first-order valence-electron chi connectivity index (χ1n) is 12.7. The molecule has 8 heteroatoms. The Labute approximate surface area is 234 Å². The largest absolute Gasteiger partial charge is 0.508 e. The van der Waals surface area contributed by atoms with E-state index in [9.17, 15) is 13.5 Å². The van der Waals surface area contributed by atoms with Crippen molar-refractivity contribution in [2.75, 3.05) is 6.61 Å². The molecule has 3 aromatic carbocycles. The summed E-state index contributed by atoms with van der Waals surface area (Å²) in [6.07, 6.45) is 8.08. The van der Waals surface area contributed by atoms with Gasteiger partial charge in [0.15, 0.2) is 0 Å². The lowest BCUT2D eigenvalue weighted by Gasteiger charge is -2.25. The third kappa shape index (κ3) is 5.53. The molecule has 39 heavy (non-hydrogen) atoms. The van der Waals surface area contributed by atoms with Crippen LogP contribution >= 0.6 is 11.6 Å². The second-order valence-corrected chi connectivity index (χ2v) is 11.8. The first kappa shape index (κ1) is 26.2. The van der Waals surface area contributed by atoms with Crippen molar-refractivity contribution in [1.29, 1.82) is 0 Å². The van der Waals surface area contributed by atoms with Gasteiger partial charge in [-0.05, 0) is 96.7 Å². The van der Waals surface area contributed by atoms with Crippen molar-refractivity contribution < 1.29 is 27.2 Å². The number of benzene rings is 3. The Kier molecular flexibility index (Phi) is 7.31. The van der Waals surface area contributed by atoms with Gasteiger partial charge in [-0.25, -0.2) is 0 Å². The van der Waals surface area contributed by atoms with Crippen molar-refractivity contribution >= 4 is 32.9 Å². The molecule has 1 unspecified atom stereocenters. The molecule has 0 spiro atoms. The first-order chi connectivity index (χ1) is 18.9. The van der Waals surface area contributed by atoms with Crippen LogP contribution in [0, 0.1) is 31.6 Å². The van der Waals surface area contributed by atoms with Gasteiger partial charge in [0.05, 0.1) is 12.7 Å². The lowest BCUT2D eigenvalue weighted by Crippen LogP contribution is -2.35. The number of phenols is 1. The molecule has 1 N–H and O–H groups in total. The Morgan fingerprint density at radius 3 is 2.31 bits per heavy atom. The fraction of sp³-hybridized carbons (Fsp3) is 0.194. The summed E-state index contributed by atoms with van der Waals surface area (Å²) in [5.74, 6) is 2.28. The number of hydrogen-bond donors (Lipinski definition) is 1. The molecule has 0 aromatic heterocycles. The SMILES string of the molecule is O=S(=O)(Oc1cccc(Cl)c1)C1C[C@H]2O[C@@H]1C(c1ccc(OCC[C]3[CH][CH][CH][CH]3)cc1)=C2c1ccc(O)cc1. The molecule has 1 saturated carbocycles. The van der Waals surface area contributed by atoms with Gasteiger partial charge >= 0.3 is 10.1 Å². The standard InChI is InChI=1S/C31H26ClO6S/c32-23-6-3-7-26(18-23)38-39(34,35)28-19-27-29(21-8-12-24(33)13-9-21)30(31(28)37-27)22-10-14-25(15-11-22)36-17-16-20-4-1-2-5-20/h1-15,18,27-28,31,33H,16-17,19H2/t27-,28?,31+/m1/s1. The molecule has 6 rings (SSSR count). The summed E-state index contributed by atoms with van der Waals surface area (Å²) in [6, 6.07) is 20.8. The minimum absolute atomic E-state index is 0.156. The zero-order valence-electron chi connectivity index (χ0n) is 20.9. The summed E-state index contributed by atoms with van der Waals surface area (Å²) in [5, 5.41) is 9.32. The fourth-order valence-electron chi connectivity index (χ4n) is 5.31. The van der Waals surface area contributed by atoms with Crippen LogP contribution in [0.4, 0.5) is 0 Å². The van der Waals surface area contributed by atoms with E-state index in [1.54, 1.807) is 30.3 Å². The van der Waals surface area contributed by atoms with E-state index in [0.29, 0.717) is 11.6 Å². The minimum atomic E-state index is -4.04. The Hall–Kier alpha value is -3.00. The monoisotopic (exact) mass is 561 g/mol. The van der Waals surface area contributed by atoms with E-state index < -0.39 is 27.6 Å². The van der Waals surface area contributed by atoms with E-state index in [4.69, 9.17) is 25.3 Å². The highest BCUT2D eigenvalue weighted by Gasteiger charge is 2.53. The second kappa shape index (κ2) is 10.9. The summed E-state index contributed by atoms with van der Waals surface area (Å²) < 4.78 is 44.5. The number of ether oxygens (including phenoxy) is 2. The van der Waals surface area contributed by atoms with Gasteiger partial charge < -0.3 is 18.8 Å². The Morgan fingerprint density at radius 2 is 1.59 bits per heavy atom. The van der Waals surface area contributed by atoms with Crippen molar-refractivity contribution in [1.82, 2.24) is 0 Å². The van der Waals surface area contributed by atoms with Gasteiger partial charge in [-0.1, -0.05) is 41.9 Å². The lowest BCUT2D eigenvalue weighted by molar-refractivity contribution is 0.128. The molecule has 1 saturated heterocycles. The summed E-state index contributed by atoms with van der Waals surface area (Å²) in [4.78, 5) is 0. The van der Waals surface area contributed by atoms with Gasteiger partial charge in [0, 0.05) is 17.5 Å². The molecule has 1 aliphatic carbocycles. The zero-order chi connectivity index (χ0) is 27.0. The molecule has 5 radical (unpaired) electrons. The molecule has 2 bridgehead atoms. The molecule has 2 heterocycles. The third-order valence-electron chi connectivity index (χ3n) is 7.11. The molecule has 3 aromatic rings. The molecule has 2 aliphatic heterocycles. The van der Waals surface area contributed by atoms with Crippen molar-refractivity contribution in [3.63, 3.8) is 0 Å². The van der Waals surface area contributed by atoms with Crippen LogP contribution in [-0.4, -0.2) is 37.6 Å². The summed E-state index contributed by atoms with van der Waals surface area (Å²) in [5.41, 5.74) is 3.43. The van der Waals surface area contributed by atoms with E-state index in [-0.39, 0.29) is 17.9 Å². The quantitative estimate of drug-likeness (QED) is 0.319. The smallest absolute Gasteiger partial charge is 0.315 e. The van der Waals surface area contributed by atoms with Gasteiger partial charge in [0.2, 0.25) is 0 Å². The minimum Gasteiger partial charge on any atom is -0.508 e. The van der Waals surface area contributed by atoms with Crippen LogP contribution in [0.25, 0.3) is 11.1 Å². The number of phenolic OH excluding ortho intramolecular Hbond substituents is 1. The van der Waals surface area contributed by atoms with E-state index >= 15 is 0 Å². The van der Waals surface area contributed by atoms with Crippen molar-refractivity contribution in [2.24, 2.45) is 0 Å². The predicted molar refractivity (Wildman–Crippen MR) is 150 cm³/mol. The van der Waals surface area contributed by atoms with Gasteiger partial charge in [-0.3, -0.25) is 0 Å². The fourth-order valence-corrected chi connectivity index (χ4v) is 6.89. The first-order valence-corrected chi connectivity index (χ1v) is 14.5. The van der Waals surface area contributed by atoms with Gasteiger partial charge in [-0.2, -0.15) is 8.42 Å². The van der Waals surface area contributed by atoms with Crippen molar-refractivity contribution in [2.45, 2.75) is 30.3 Å². The molecule has 0 amide bonds. The number of halogens is 1. The number of rotatable bonds is 9. The molecule has 6 nitrogen and oxygen atoms in total. The van der Waals surface area contributed by atoms with Gasteiger partial charge in [0.1, 0.15) is 28.6 Å². The van der Waals surface area contributed by atoms with Crippen LogP contribution in [-0.2, 0) is 14.9 Å². The van der Waals surface area contributed by atoms with Gasteiger partial charge in [-0.15, -0.1) is 0 Å². The molecular weight excluding hydrogens is 536 g/mol. The summed E-state index contributed by atoms with van der Waals surface area (Å²) in [6.45, 7) is 0.555. The topological polar surface area (TPSA) is 82.1 Å². The van der Waals surface area contributed by atoms with Crippen LogP contribution in [0.1, 0.15) is 24.0 Å². The summed E-state index contributed by atoms with van der Waals surface area (Å²) >= 11 is 6.03. The highest BCUT2D eigenvalue weighted by molar-refractivity contribution is 7.87. The number of hydrogen-bond acceptors (Lipinski definition) is 6. The molecular formula is C31H26ClO6S. The highest BCUT2D eigenvalue weighted by atomic mass is 35.5. The Bertz CT molecular complexity index is 1460. The van der Waals surface area contributed by atoms with Crippen LogP contribution in [0.2, 0.25) is 5.02 Å². The summed E-state index contributed by atoms with van der Waals surface area (Å²) in [7, 11) is -4.04. The van der Waals surface area contributed by atoms with E-state index in [1.165, 1.54) is 12.0 Å². The molecule has 2 fully saturated rings. The van der Waals surface area contributed by atoms with Crippen molar-refractivity contribution in [3.05, 3.63) is 121 Å². The van der Waals surface area contributed by atoms with E-state index in [1.807, 2.05) is 49.2 Å². The van der Waals surface area contributed by atoms with Crippen molar-refractivity contribution in [3.8, 4) is 17.2 Å². The van der Waals surface area contributed by atoms with Gasteiger partial charge in [0.25, 0.3) is 0 Å². The van der Waals surface area contributed by atoms with E-state index in [2.05, 4.69) is 12.8 Å². The molecule has 3 atom stereocenters. The normalized spacial score (nSPS) is 22.9. The van der Waals surface area contributed by atoms with Crippen LogP contribution in [0.5, 0.6) is 17.2 Å². The van der Waals surface area contributed by atoms with E-state index in [0.717, 1.165) is 34.4 Å².